The second-order valence-corrected chi connectivity index (χ2v) is 8.24. The summed E-state index contributed by atoms with van der Waals surface area (Å²) in [7, 11) is 0. The normalized spacial score (nSPS) is 27.1. The molecule has 3 aliphatic rings. The Hall–Kier alpha value is -2.01. The summed E-state index contributed by atoms with van der Waals surface area (Å²) in [4.78, 5) is 16.7. The number of nitriles is 1. The summed E-state index contributed by atoms with van der Waals surface area (Å²) in [6.45, 7) is 4.33. The van der Waals surface area contributed by atoms with Crippen molar-refractivity contribution in [1.29, 1.82) is 5.26 Å². The standard InChI is InChI=1S/C21H27ClN4O3/c22-18-12-16(25-8-10-28-11-9-25)4-6-20(18)29-14-15-3-5-19(24-15)21(27)26-7-1-2-17(26)13-23/h4,6,12,15,17,19,24H,1-3,5,7-11,14H2/t15-,17+,19+/m1/s1. The molecule has 0 unspecified atom stereocenters. The molecule has 0 saturated carbocycles. The van der Waals surface area contributed by atoms with Crippen molar-refractivity contribution in [2.75, 3.05) is 44.4 Å². The van der Waals surface area contributed by atoms with Crippen LogP contribution in [0, 0.1) is 11.3 Å². The first-order chi connectivity index (χ1) is 14.2. The van der Waals surface area contributed by atoms with Gasteiger partial charge >= 0.3 is 0 Å². The number of morpholine rings is 1. The lowest BCUT2D eigenvalue weighted by molar-refractivity contribution is -0.133. The van der Waals surface area contributed by atoms with Crippen LogP contribution in [-0.2, 0) is 9.53 Å². The van der Waals surface area contributed by atoms with E-state index in [0.29, 0.717) is 23.9 Å². The fourth-order valence-corrected chi connectivity index (χ4v) is 4.55. The summed E-state index contributed by atoms with van der Waals surface area (Å²) < 4.78 is 11.3. The van der Waals surface area contributed by atoms with Gasteiger partial charge in [-0.2, -0.15) is 5.26 Å². The first kappa shape index (κ1) is 20.3. The van der Waals surface area contributed by atoms with Crippen LogP contribution in [0.4, 0.5) is 5.69 Å². The molecule has 0 aromatic heterocycles. The molecule has 3 atom stereocenters. The van der Waals surface area contributed by atoms with Gasteiger partial charge in [-0.05, 0) is 43.9 Å². The lowest BCUT2D eigenvalue weighted by Gasteiger charge is -2.29. The highest BCUT2D eigenvalue weighted by Gasteiger charge is 2.37. The fraction of sp³-hybridized carbons (Fsp3) is 0.619. The third-order valence-corrected chi connectivity index (χ3v) is 6.25. The maximum atomic E-state index is 12.7. The van der Waals surface area contributed by atoms with Crippen LogP contribution in [0.5, 0.6) is 5.75 Å². The van der Waals surface area contributed by atoms with Gasteiger partial charge < -0.3 is 19.3 Å². The number of halogens is 1. The average Bonchev–Trinajstić information content (AvgIpc) is 3.42. The smallest absolute Gasteiger partial charge is 0.240 e. The predicted octanol–water partition coefficient (Wildman–Crippen LogP) is 2.19. The van der Waals surface area contributed by atoms with E-state index in [2.05, 4.69) is 16.3 Å². The Labute approximate surface area is 176 Å². The number of hydrogen-bond acceptors (Lipinski definition) is 6. The number of likely N-dealkylation sites (tertiary alicyclic amines) is 1. The molecule has 0 radical (unpaired) electrons. The minimum atomic E-state index is -0.275. The van der Waals surface area contributed by atoms with Gasteiger partial charge in [0.2, 0.25) is 5.91 Å². The van der Waals surface area contributed by atoms with E-state index < -0.39 is 0 Å². The third kappa shape index (κ3) is 4.61. The molecule has 7 nitrogen and oxygen atoms in total. The monoisotopic (exact) mass is 418 g/mol. The molecule has 1 aromatic carbocycles. The Morgan fingerprint density at radius 2 is 2.10 bits per heavy atom. The molecule has 3 aliphatic heterocycles. The summed E-state index contributed by atoms with van der Waals surface area (Å²) in [6.07, 6.45) is 3.32. The number of carbonyl (C=O) groups is 1. The van der Waals surface area contributed by atoms with Crippen molar-refractivity contribution >= 4 is 23.2 Å². The van der Waals surface area contributed by atoms with Crippen molar-refractivity contribution in [2.24, 2.45) is 0 Å². The lowest BCUT2D eigenvalue weighted by atomic mass is 10.1. The molecule has 0 aliphatic carbocycles. The van der Waals surface area contributed by atoms with Crippen molar-refractivity contribution in [1.82, 2.24) is 10.2 Å². The summed E-state index contributed by atoms with van der Waals surface area (Å²) in [5.41, 5.74) is 1.08. The molecular formula is C21H27ClN4O3. The molecule has 1 aromatic rings. The summed E-state index contributed by atoms with van der Waals surface area (Å²) in [6, 6.07) is 7.71. The minimum Gasteiger partial charge on any atom is -0.490 e. The number of nitrogens with one attached hydrogen (secondary N) is 1. The van der Waals surface area contributed by atoms with Crippen LogP contribution >= 0.6 is 11.6 Å². The van der Waals surface area contributed by atoms with Crippen molar-refractivity contribution in [3.63, 3.8) is 0 Å². The molecule has 0 bridgehead atoms. The second-order valence-electron chi connectivity index (χ2n) is 7.84. The number of hydrogen-bond donors (Lipinski definition) is 1. The van der Waals surface area contributed by atoms with Gasteiger partial charge in [-0.25, -0.2) is 0 Å². The molecule has 156 valence electrons. The van der Waals surface area contributed by atoms with Crippen LogP contribution in [-0.4, -0.2) is 68.4 Å². The minimum absolute atomic E-state index is 0.0458. The van der Waals surface area contributed by atoms with Crippen LogP contribution in [0.25, 0.3) is 0 Å². The van der Waals surface area contributed by atoms with E-state index in [1.165, 1.54) is 0 Å². The third-order valence-electron chi connectivity index (χ3n) is 5.96. The Bertz CT molecular complexity index is 778. The number of ether oxygens (including phenoxy) is 2. The second kappa shape index (κ2) is 9.21. The van der Waals surface area contributed by atoms with Gasteiger partial charge in [0.25, 0.3) is 0 Å². The van der Waals surface area contributed by atoms with Gasteiger partial charge in [0.1, 0.15) is 18.4 Å². The highest BCUT2D eigenvalue weighted by atomic mass is 35.5. The molecule has 0 spiro atoms. The summed E-state index contributed by atoms with van der Waals surface area (Å²) in [5.74, 6) is 0.703. The number of rotatable bonds is 5. The highest BCUT2D eigenvalue weighted by Crippen LogP contribution is 2.30. The summed E-state index contributed by atoms with van der Waals surface area (Å²) in [5, 5.41) is 13.2. The Morgan fingerprint density at radius 1 is 1.28 bits per heavy atom. The Kier molecular flexibility index (Phi) is 6.43. The van der Waals surface area contributed by atoms with Crippen molar-refractivity contribution < 1.29 is 14.3 Å². The van der Waals surface area contributed by atoms with Crippen molar-refractivity contribution in [3.8, 4) is 11.8 Å². The van der Waals surface area contributed by atoms with Gasteiger partial charge in [0, 0.05) is 31.4 Å². The maximum Gasteiger partial charge on any atom is 0.240 e. The zero-order valence-electron chi connectivity index (χ0n) is 16.5. The van der Waals surface area contributed by atoms with Crippen LogP contribution in [0.3, 0.4) is 0 Å². The topological polar surface area (TPSA) is 77.8 Å². The van der Waals surface area contributed by atoms with Gasteiger partial charge in [-0.1, -0.05) is 11.6 Å². The van der Waals surface area contributed by atoms with Gasteiger partial charge in [-0.3, -0.25) is 10.1 Å². The zero-order valence-corrected chi connectivity index (χ0v) is 17.2. The van der Waals surface area contributed by atoms with E-state index in [-0.39, 0.29) is 24.0 Å². The highest BCUT2D eigenvalue weighted by molar-refractivity contribution is 6.32. The molecule has 1 N–H and O–H groups in total. The van der Waals surface area contributed by atoms with Gasteiger partial charge in [-0.15, -0.1) is 0 Å². The van der Waals surface area contributed by atoms with Crippen molar-refractivity contribution in [2.45, 2.75) is 43.8 Å². The largest absolute Gasteiger partial charge is 0.490 e. The van der Waals surface area contributed by atoms with E-state index in [1.807, 2.05) is 18.2 Å². The van der Waals surface area contributed by atoms with E-state index in [0.717, 1.165) is 57.7 Å². The van der Waals surface area contributed by atoms with Crippen LogP contribution < -0.4 is 15.0 Å². The fourth-order valence-electron chi connectivity index (χ4n) is 4.33. The van der Waals surface area contributed by atoms with Crippen LogP contribution in [0.15, 0.2) is 18.2 Å². The molecule has 4 rings (SSSR count). The Balaban J connectivity index is 1.29. The van der Waals surface area contributed by atoms with E-state index in [4.69, 9.17) is 21.1 Å². The van der Waals surface area contributed by atoms with Gasteiger partial charge in [0.15, 0.2) is 0 Å². The Morgan fingerprint density at radius 3 is 2.86 bits per heavy atom. The molecule has 29 heavy (non-hydrogen) atoms. The number of carbonyl (C=O) groups excluding carboxylic acids is 1. The number of amides is 1. The number of benzene rings is 1. The first-order valence-electron chi connectivity index (χ1n) is 10.4. The molecular weight excluding hydrogens is 392 g/mol. The number of nitrogens with zero attached hydrogens (tertiary/aromatic N) is 3. The van der Waals surface area contributed by atoms with E-state index in [9.17, 15) is 10.1 Å². The summed E-state index contributed by atoms with van der Waals surface area (Å²) >= 11 is 6.44. The maximum absolute atomic E-state index is 12.7. The predicted molar refractivity (Wildman–Crippen MR) is 110 cm³/mol. The number of anilines is 1. The van der Waals surface area contributed by atoms with Crippen LogP contribution in [0.2, 0.25) is 5.02 Å². The zero-order chi connectivity index (χ0) is 20.2. The van der Waals surface area contributed by atoms with Gasteiger partial charge in [0.05, 0.1) is 30.3 Å². The van der Waals surface area contributed by atoms with Crippen molar-refractivity contribution in [3.05, 3.63) is 23.2 Å². The average molecular weight is 419 g/mol. The molecule has 8 heteroatoms. The quantitative estimate of drug-likeness (QED) is 0.789. The lowest BCUT2D eigenvalue weighted by Crippen LogP contribution is -2.47. The SMILES string of the molecule is N#C[C@@H]1CCCN1C(=O)[C@@H]1CC[C@H](COc2ccc(N3CCOCC3)cc2Cl)N1. The molecule has 3 heterocycles. The van der Waals surface area contributed by atoms with Crippen LogP contribution in [0.1, 0.15) is 25.7 Å². The molecule has 1 amide bonds. The molecule has 3 fully saturated rings. The van der Waals surface area contributed by atoms with E-state index in [1.54, 1.807) is 4.90 Å². The first-order valence-corrected chi connectivity index (χ1v) is 10.7. The molecule has 3 saturated heterocycles. The van der Waals surface area contributed by atoms with E-state index >= 15 is 0 Å².